The van der Waals surface area contributed by atoms with Crippen LogP contribution in [0.5, 0.6) is 0 Å². The van der Waals surface area contributed by atoms with Crippen molar-refractivity contribution >= 4 is 63.3 Å². The van der Waals surface area contributed by atoms with Gasteiger partial charge in [0.1, 0.15) is 5.25 Å². The number of halogens is 2. The Balaban J connectivity index is 1.76. The summed E-state index contributed by atoms with van der Waals surface area (Å²) in [4.78, 5) is 31.9. The molecule has 8 heteroatoms. The van der Waals surface area contributed by atoms with Gasteiger partial charge in [0.05, 0.1) is 21.4 Å². The second kappa shape index (κ2) is 9.86. The number of aliphatic imine (C=N–C) groups is 1. The van der Waals surface area contributed by atoms with Gasteiger partial charge in [-0.1, -0.05) is 72.6 Å². The first-order valence-corrected chi connectivity index (χ1v) is 11.3. The Morgan fingerprint density at radius 1 is 1.20 bits per heavy atom. The van der Waals surface area contributed by atoms with Gasteiger partial charge in [-0.15, -0.1) is 0 Å². The second-order valence-electron chi connectivity index (χ2n) is 7.53. The molecule has 1 aliphatic rings. The van der Waals surface area contributed by atoms with Gasteiger partial charge < -0.3 is 5.32 Å². The average Bonchev–Trinajstić information content (AvgIpc) is 2.95. The molecule has 158 valence electrons. The Hall–Kier alpha value is -2.02. The third-order valence-electron chi connectivity index (χ3n) is 4.42. The Bertz CT molecular complexity index is 977. The number of thioether (sulfide) groups is 1. The number of carbonyl (C=O) groups is 2. The molecular weight excluding hydrogens is 441 g/mol. The molecule has 1 N–H and O–H groups in total. The summed E-state index contributed by atoms with van der Waals surface area (Å²) in [5, 5.41) is 3.47. The summed E-state index contributed by atoms with van der Waals surface area (Å²) in [5.41, 5.74) is 2.35. The largest absolute Gasteiger partial charge is 0.325 e. The van der Waals surface area contributed by atoms with Crippen LogP contribution in [-0.4, -0.2) is 33.7 Å². The standard InChI is InChI=1S/C22H23Cl2N3O2S/c1-13(2)12-27-21(29)18(30-22(27)25-15-9-7-14(3)8-10-15)11-19(28)26-17-6-4-5-16(23)20(17)24/h4-10,13,18H,11-12H2,1-3H3,(H,26,28). The number of rotatable bonds is 6. The van der Waals surface area contributed by atoms with Gasteiger partial charge in [-0.2, -0.15) is 0 Å². The number of carbonyl (C=O) groups excluding carboxylic acids is 2. The van der Waals surface area contributed by atoms with Crippen molar-refractivity contribution in [2.24, 2.45) is 10.9 Å². The third-order valence-corrected chi connectivity index (χ3v) is 6.42. The molecule has 1 aliphatic heterocycles. The summed E-state index contributed by atoms with van der Waals surface area (Å²) in [6.45, 7) is 6.65. The first-order chi connectivity index (χ1) is 14.2. The zero-order chi connectivity index (χ0) is 21.8. The molecule has 1 saturated heterocycles. The van der Waals surface area contributed by atoms with Gasteiger partial charge in [0.25, 0.3) is 0 Å². The average molecular weight is 464 g/mol. The molecule has 0 aromatic heterocycles. The van der Waals surface area contributed by atoms with Crippen molar-refractivity contribution in [3.63, 3.8) is 0 Å². The van der Waals surface area contributed by atoms with Crippen LogP contribution < -0.4 is 5.32 Å². The van der Waals surface area contributed by atoms with Gasteiger partial charge in [-0.3, -0.25) is 14.5 Å². The number of nitrogens with zero attached hydrogens (tertiary/aromatic N) is 2. The van der Waals surface area contributed by atoms with Crippen molar-refractivity contribution < 1.29 is 9.59 Å². The van der Waals surface area contributed by atoms with E-state index >= 15 is 0 Å². The number of amidine groups is 1. The zero-order valence-corrected chi connectivity index (χ0v) is 19.3. The molecule has 0 aliphatic carbocycles. The highest BCUT2D eigenvalue weighted by Gasteiger charge is 2.39. The van der Waals surface area contributed by atoms with Gasteiger partial charge in [-0.05, 0) is 37.1 Å². The summed E-state index contributed by atoms with van der Waals surface area (Å²) in [5.74, 6) is -0.131. The maximum absolute atomic E-state index is 13.0. The number of nitrogens with one attached hydrogen (secondary N) is 1. The van der Waals surface area contributed by atoms with Crippen LogP contribution in [0.3, 0.4) is 0 Å². The third kappa shape index (κ3) is 5.56. The molecule has 1 unspecified atom stereocenters. The highest BCUT2D eigenvalue weighted by atomic mass is 35.5. The molecule has 0 spiro atoms. The van der Waals surface area contributed by atoms with Crippen molar-refractivity contribution in [1.82, 2.24) is 4.90 Å². The van der Waals surface area contributed by atoms with Crippen LogP contribution in [0.1, 0.15) is 25.8 Å². The summed E-state index contributed by atoms with van der Waals surface area (Å²) in [6, 6.07) is 12.8. The molecule has 2 aromatic carbocycles. The molecule has 0 saturated carbocycles. The first-order valence-electron chi connectivity index (χ1n) is 9.62. The Kier molecular flexibility index (Phi) is 7.45. The van der Waals surface area contributed by atoms with Gasteiger partial charge in [0.15, 0.2) is 5.17 Å². The van der Waals surface area contributed by atoms with E-state index in [1.807, 2.05) is 45.0 Å². The van der Waals surface area contributed by atoms with Crippen molar-refractivity contribution in [2.45, 2.75) is 32.4 Å². The maximum Gasteiger partial charge on any atom is 0.242 e. The van der Waals surface area contributed by atoms with Crippen LogP contribution in [0.25, 0.3) is 0 Å². The zero-order valence-electron chi connectivity index (χ0n) is 17.0. The van der Waals surface area contributed by atoms with Crippen LogP contribution in [0.2, 0.25) is 10.0 Å². The minimum Gasteiger partial charge on any atom is -0.325 e. The quantitative estimate of drug-likeness (QED) is 0.578. The Morgan fingerprint density at radius 3 is 2.57 bits per heavy atom. The fourth-order valence-corrected chi connectivity index (χ4v) is 4.47. The number of benzene rings is 2. The molecule has 0 radical (unpaired) electrons. The monoisotopic (exact) mass is 463 g/mol. The fourth-order valence-electron chi connectivity index (χ4n) is 2.96. The van der Waals surface area contributed by atoms with E-state index in [1.54, 1.807) is 23.1 Å². The molecule has 3 rings (SSSR count). The van der Waals surface area contributed by atoms with Gasteiger partial charge in [-0.25, -0.2) is 4.99 Å². The lowest BCUT2D eigenvalue weighted by Crippen LogP contribution is -2.36. The first kappa shape index (κ1) is 22.7. The molecule has 30 heavy (non-hydrogen) atoms. The van der Waals surface area contributed by atoms with Crippen LogP contribution in [0.15, 0.2) is 47.5 Å². The summed E-state index contributed by atoms with van der Waals surface area (Å²) in [7, 11) is 0. The molecule has 1 atom stereocenters. The molecule has 1 fully saturated rings. The number of anilines is 1. The number of hydrogen-bond acceptors (Lipinski definition) is 4. The van der Waals surface area contributed by atoms with Crippen LogP contribution >= 0.6 is 35.0 Å². The van der Waals surface area contributed by atoms with E-state index in [0.717, 1.165) is 11.3 Å². The lowest BCUT2D eigenvalue weighted by molar-refractivity contribution is -0.128. The normalized spacial score (nSPS) is 17.8. The summed E-state index contributed by atoms with van der Waals surface area (Å²) in [6.07, 6.45) is 0.0217. The minimum absolute atomic E-state index is 0.0217. The second-order valence-corrected chi connectivity index (χ2v) is 9.49. The van der Waals surface area contributed by atoms with Crippen molar-refractivity contribution in [2.75, 3.05) is 11.9 Å². The van der Waals surface area contributed by atoms with E-state index in [4.69, 9.17) is 23.2 Å². The smallest absolute Gasteiger partial charge is 0.242 e. The van der Waals surface area contributed by atoms with E-state index in [0.29, 0.717) is 22.4 Å². The topological polar surface area (TPSA) is 61.8 Å². The van der Waals surface area contributed by atoms with Crippen molar-refractivity contribution in [1.29, 1.82) is 0 Å². The molecule has 0 bridgehead atoms. The maximum atomic E-state index is 13.0. The highest BCUT2D eigenvalue weighted by molar-refractivity contribution is 8.15. The predicted octanol–water partition coefficient (Wildman–Crippen LogP) is 5.92. The van der Waals surface area contributed by atoms with E-state index in [9.17, 15) is 9.59 Å². The summed E-state index contributed by atoms with van der Waals surface area (Å²) < 4.78 is 0. The highest BCUT2D eigenvalue weighted by Crippen LogP contribution is 2.34. The lowest BCUT2D eigenvalue weighted by atomic mass is 10.2. The van der Waals surface area contributed by atoms with Gasteiger partial charge >= 0.3 is 0 Å². The number of hydrogen-bond donors (Lipinski definition) is 1. The lowest BCUT2D eigenvalue weighted by Gasteiger charge is -2.18. The molecular formula is C22H23Cl2N3O2S. The van der Waals surface area contributed by atoms with E-state index < -0.39 is 5.25 Å². The Morgan fingerprint density at radius 2 is 1.90 bits per heavy atom. The van der Waals surface area contributed by atoms with Gasteiger partial charge in [0, 0.05) is 13.0 Å². The summed E-state index contributed by atoms with van der Waals surface area (Å²) >= 11 is 13.5. The van der Waals surface area contributed by atoms with Gasteiger partial charge in [0.2, 0.25) is 11.8 Å². The minimum atomic E-state index is -0.536. The van der Waals surface area contributed by atoms with E-state index in [2.05, 4.69) is 10.3 Å². The van der Waals surface area contributed by atoms with E-state index in [1.165, 1.54) is 11.8 Å². The SMILES string of the molecule is Cc1ccc(N=C2SC(CC(=O)Nc3cccc(Cl)c3Cl)C(=O)N2CC(C)C)cc1. The fraction of sp³-hybridized carbons (Fsp3) is 0.318. The van der Waals surface area contributed by atoms with Crippen LogP contribution in [0, 0.1) is 12.8 Å². The van der Waals surface area contributed by atoms with Crippen molar-refractivity contribution in [3.8, 4) is 0 Å². The van der Waals surface area contributed by atoms with Crippen LogP contribution in [0.4, 0.5) is 11.4 Å². The van der Waals surface area contributed by atoms with Crippen LogP contribution in [-0.2, 0) is 9.59 Å². The Labute approximate surface area is 190 Å². The molecule has 1 heterocycles. The molecule has 2 aromatic rings. The molecule has 2 amide bonds. The van der Waals surface area contributed by atoms with E-state index in [-0.39, 0.29) is 29.2 Å². The number of aryl methyl sites for hydroxylation is 1. The van der Waals surface area contributed by atoms with Crippen molar-refractivity contribution in [3.05, 3.63) is 58.1 Å². The predicted molar refractivity (Wildman–Crippen MR) is 126 cm³/mol. The molecule has 5 nitrogen and oxygen atoms in total. The number of amides is 2.